The Morgan fingerprint density at radius 3 is 2.69 bits per heavy atom. The number of hydrogen-bond donors (Lipinski definition) is 0. The van der Waals surface area contributed by atoms with Crippen molar-refractivity contribution in [3.8, 4) is 0 Å². The summed E-state index contributed by atoms with van der Waals surface area (Å²) in [5, 5.41) is 0. The van der Waals surface area contributed by atoms with Gasteiger partial charge in [0.1, 0.15) is 7.14 Å². The van der Waals surface area contributed by atoms with Gasteiger partial charge < -0.3 is 4.57 Å². The fraction of sp³-hybridized carbons (Fsp3) is 0.400. The van der Waals surface area contributed by atoms with Gasteiger partial charge in [0.05, 0.1) is 0 Å². The topological polar surface area (TPSA) is 17.1 Å². The van der Waals surface area contributed by atoms with Gasteiger partial charge in [0, 0.05) is 23.6 Å². The minimum Gasteiger partial charge on any atom is -0.322 e. The Morgan fingerprint density at radius 1 is 1.31 bits per heavy atom. The smallest absolute Gasteiger partial charge is 0.102 e. The van der Waals surface area contributed by atoms with Crippen LogP contribution in [0.4, 0.5) is 0 Å². The predicted octanol–water partition coefficient (Wildman–Crippen LogP) is 3.25. The maximum Gasteiger partial charge on any atom is 0.102 e. The van der Waals surface area contributed by atoms with Crippen molar-refractivity contribution in [1.82, 2.24) is 0 Å². The average molecular weight is 212 g/mol. The molecule has 1 aromatic carbocycles. The molecule has 0 spiro atoms. The van der Waals surface area contributed by atoms with E-state index in [9.17, 15) is 4.57 Å². The van der Waals surface area contributed by atoms with E-state index in [2.05, 4.69) is 12.1 Å². The molecule has 0 aliphatic carbocycles. The summed E-state index contributed by atoms with van der Waals surface area (Å²) in [5.41, 5.74) is 2.12. The van der Waals surface area contributed by atoms with E-state index < -0.39 is 7.14 Å². The fourth-order valence-corrected chi connectivity index (χ4v) is 7.18. The first-order chi connectivity index (χ1) is 6.29. The maximum atomic E-state index is 12.2. The van der Waals surface area contributed by atoms with Crippen LogP contribution in [0.2, 0.25) is 0 Å². The second-order valence-corrected chi connectivity index (χ2v) is 8.19. The van der Waals surface area contributed by atoms with Crippen LogP contribution in [0.15, 0.2) is 30.3 Å². The number of benzene rings is 1. The number of rotatable bonds is 2. The van der Waals surface area contributed by atoms with Crippen LogP contribution in [-0.2, 0) is 10.7 Å². The van der Waals surface area contributed by atoms with Crippen LogP contribution < -0.4 is 0 Å². The summed E-state index contributed by atoms with van der Waals surface area (Å²) in [5.74, 6) is 1.09. The lowest BCUT2D eigenvalue weighted by Crippen LogP contribution is -1.90. The third kappa shape index (κ3) is 2.38. The molecule has 1 aliphatic rings. The zero-order valence-electron chi connectivity index (χ0n) is 7.48. The van der Waals surface area contributed by atoms with Crippen molar-refractivity contribution >= 4 is 18.9 Å². The zero-order chi connectivity index (χ0) is 9.15. The SMILES string of the molecule is O=P1(Cc2ccccc2)CCSC1. The molecular weight excluding hydrogens is 199 g/mol. The monoisotopic (exact) mass is 212 g/mol. The first-order valence-corrected chi connectivity index (χ1v) is 7.89. The normalized spacial score (nSPS) is 27.7. The Morgan fingerprint density at radius 2 is 2.08 bits per heavy atom. The van der Waals surface area contributed by atoms with Crippen LogP contribution in [0.1, 0.15) is 5.56 Å². The van der Waals surface area contributed by atoms with E-state index in [1.807, 2.05) is 30.0 Å². The summed E-state index contributed by atoms with van der Waals surface area (Å²) in [4.78, 5) is 0. The van der Waals surface area contributed by atoms with Gasteiger partial charge in [-0.2, -0.15) is 11.8 Å². The molecule has 0 amide bonds. The molecule has 1 saturated heterocycles. The van der Waals surface area contributed by atoms with E-state index >= 15 is 0 Å². The largest absolute Gasteiger partial charge is 0.322 e. The molecule has 1 atom stereocenters. The highest BCUT2D eigenvalue weighted by atomic mass is 32.2. The lowest BCUT2D eigenvalue weighted by molar-refractivity contribution is 0.579. The van der Waals surface area contributed by atoms with Crippen LogP contribution >= 0.6 is 18.9 Å². The summed E-state index contributed by atoms with van der Waals surface area (Å²) in [6, 6.07) is 10.2. The van der Waals surface area contributed by atoms with Gasteiger partial charge in [-0.25, -0.2) is 0 Å². The molecule has 13 heavy (non-hydrogen) atoms. The Bertz CT molecular complexity index is 313. The van der Waals surface area contributed by atoms with Gasteiger partial charge in [0.2, 0.25) is 0 Å². The van der Waals surface area contributed by atoms with Crippen molar-refractivity contribution in [3.63, 3.8) is 0 Å². The standard InChI is InChI=1S/C10H13OPS/c11-12(6-7-13-9-12)8-10-4-2-1-3-5-10/h1-5H,6-9H2. The summed E-state index contributed by atoms with van der Waals surface area (Å²) >= 11 is 1.84. The van der Waals surface area contributed by atoms with Crippen molar-refractivity contribution in [1.29, 1.82) is 0 Å². The quantitative estimate of drug-likeness (QED) is 0.700. The van der Waals surface area contributed by atoms with Gasteiger partial charge in [-0.1, -0.05) is 30.3 Å². The van der Waals surface area contributed by atoms with Gasteiger partial charge >= 0.3 is 0 Å². The maximum absolute atomic E-state index is 12.2. The molecule has 0 N–H and O–H groups in total. The van der Waals surface area contributed by atoms with Crippen LogP contribution in [0.3, 0.4) is 0 Å². The molecule has 1 unspecified atom stereocenters. The molecule has 1 aliphatic heterocycles. The third-order valence-electron chi connectivity index (χ3n) is 2.28. The fourth-order valence-electron chi connectivity index (χ4n) is 1.57. The van der Waals surface area contributed by atoms with Gasteiger partial charge in [0.15, 0.2) is 0 Å². The van der Waals surface area contributed by atoms with E-state index in [0.29, 0.717) is 0 Å². The van der Waals surface area contributed by atoms with Gasteiger partial charge in [-0.3, -0.25) is 0 Å². The molecular formula is C10H13OPS. The summed E-state index contributed by atoms with van der Waals surface area (Å²) in [7, 11) is -1.83. The number of hydrogen-bond acceptors (Lipinski definition) is 2. The molecule has 0 radical (unpaired) electrons. The minimum atomic E-state index is -1.83. The van der Waals surface area contributed by atoms with E-state index in [0.717, 1.165) is 23.6 Å². The highest BCUT2D eigenvalue weighted by Gasteiger charge is 2.27. The van der Waals surface area contributed by atoms with E-state index in [-0.39, 0.29) is 0 Å². The zero-order valence-corrected chi connectivity index (χ0v) is 9.19. The first-order valence-electron chi connectivity index (χ1n) is 4.47. The van der Waals surface area contributed by atoms with E-state index in [4.69, 9.17) is 0 Å². The summed E-state index contributed by atoms with van der Waals surface area (Å²) in [6.45, 7) is 0. The van der Waals surface area contributed by atoms with Crippen LogP contribution in [0.25, 0.3) is 0 Å². The Labute approximate surface area is 83.3 Å². The molecule has 3 heteroatoms. The van der Waals surface area contributed by atoms with Gasteiger partial charge in [-0.05, 0) is 5.56 Å². The first kappa shape index (κ1) is 9.36. The van der Waals surface area contributed by atoms with Crippen LogP contribution in [0.5, 0.6) is 0 Å². The predicted molar refractivity (Wildman–Crippen MR) is 59.9 cm³/mol. The lowest BCUT2D eigenvalue weighted by Gasteiger charge is -2.09. The molecule has 70 valence electrons. The second kappa shape index (κ2) is 3.89. The Hall–Kier alpha value is -0.200. The molecule has 1 aromatic rings. The Balaban J connectivity index is 2.10. The second-order valence-electron chi connectivity index (χ2n) is 3.46. The Kier molecular flexibility index (Phi) is 2.80. The third-order valence-corrected chi connectivity index (χ3v) is 7.67. The molecule has 1 heterocycles. The van der Waals surface area contributed by atoms with Crippen molar-refractivity contribution in [2.75, 3.05) is 17.4 Å². The minimum absolute atomic E-state index is 0.806. The molecule has 0 aromatic heterocycles. The van der Waals surface area contributed by atoms with E-state index in [1.54, 1.807) is 0 Å². The van der Waals surface area contributed by atoms with Crippen molar-refractivity contribution in [2.45, 2.75) is 6.16 Å². The van der Waals surface area contributed by atoms with Crippen molar-refractivity contribution < 1.29 is 4.57 Å². The average Bonchev–Trinajstić information content (AvgIpc) is 2.54. The van der Waals surface area contributed by atoms with Crippen molar-refractivity contribution in [3.05, 3.63) is 35.9 Å². The van der Waals surface area contributed by atoms with Crippen LogP contribution in [-0.4, -0.2) is 17.4 Å². The molecule has 0 bridgehead atoms. The van der Waals surface area contributed by atoms with Crippen molar-refractivity contribution in [2.24, 2.45) is 0 Å². The molecule has 0 saturated carbocycles. The lowest BCUT2D eigenvalue weighted by atomic mass is 10.2. The van der Waals surface area contributed by atoms with E-state index in [1.165, 1.54) is 5.56 Å². The highest BCUT2D eigenvalue weighted by molar-refractivity contribution is 8.07. The molecule has 2 rings (SSSR count). The highest BCUT2D eigenvalue weighted by Crippen LogP contribution is 2.56. The van der Waals surface area contributed by atoms with Crippen LogP contribution in [0, 0.1) is 0 Å². The molecule has 1 fully saturated rings. The molecule has 1 nitrogen and oxygen atoms in total. The van der Waals surface area contributed by atoms with Gasteiger partial charge in [-0.15, -0.1) is 0 Å². The summed E-state index contributed by atoms with van der Waals surface area (Å²) < 4.78 is 12.2. The van der Waals surface area contributed by atoms with Gasteiger partial charge in [0.25, 0.3) is 0 Å². The summed E-state index contributed by atoms with van der Waals surface area (Å²) in [6.07, 6.45) is 1.74. The number of thioether (sulfide) groups is 1.